The first kappa shape index (κ1) is 16.5. The molecule has 19 heavy (non-hydrogen) atoms. The lowest BCUT2D eigenvalue weighted by Crippen LogP contribution is -2.45. The molecule has 1 atom stereocenters. The van der Waals surface area contributed by atoms with Crippen molar-refractivity contribution in [2.45, 2.75) is 65.8 Å². The van der Waals surface area contributed by atoms with Crippen molar-refractivity contribution < 1.29 is 4.79 Å². The number of hydrogen-bond donors (Lipinski definition) is 1. The molecule has 3 heteroatoms. The summed E-state index contributed by atoms with van der Waals surface area (Å²) < 4.78 is 0. The molecule has 0 bridgehead atoms. The summed E-state index contributed by atoms with van der Waals surface area (Å²) in [6, 6.07) is -0.0394. The molecule has 1 N–H and O–H groups in total. The largest absolute Gasteiger partial charge is 0.342 e. The molecule has 0 spiro atoms. The normalized spacial score (nSPS) is 25.1. The highest BCUT2D eigenvalue weighted by Gasteiger charge is 2.20. The Balaban J connectivity index is 2.19. The van der Waals surface area contributed by atoms with Crippen LogP contribution in [0.25, 0.3) is 0 Å². The van der Waals surface area contributed by atoms with E-state index >= 15 is 0 Å². The van der Waals surface area contributed by atoms with Crippen LogP contribution < -0.4 is 5.32 Å². The van der Waals surface area contributed by atoms with Crippen molar-refractivity contribution in [1.29, 1.82) is 0 Å². The average molecular weight is 268 g/mol. The summed E-state index contributed by atoms with van der Waals surface area (Å²) in [4.78, 5) is 14.0. The number of rotatable bonds is 7. The van der Waals surface area contributed by atoms with Gasteiger partial charge in [0.15, 0.2) is 0 Å². The Bertz CT molecular complexity index is 255. The fourth-order valence-corrected chi connectivity index (χ4v) is 3.02. The first-order valence-corrected chi connectivity index (χ1v) is 8.10. The van der Waals surface area contributed by atoms with Gasteiger partial charge in [-0.3, -0.25) is 4.79 Å². The van der Waals surface area contributed by atoms with E-state index in [1.54, 1.807) is 0 Å². The fourth-order valence-electron chi connectivity index (χ4n) is 3.02. The molecular formula is C16H32N2O. The lowest BCUT2D eigenvalue weighted by Gasteiger charge is -2.27. The standard InChI is InChI=1S/C16H32N2O/c1-5-18(6-2)16(19)14(4)17-12-11-15-9-7-13(3)8-10-15/h13-15,17H,5-12H2,1-4H3. The third-order valence-corrected chi connectivity index (χ3v) is 4.58. The van der Waals surface area contributed by atoms with Gasteiger partial charge in [-0.25, -0.2) is 0 Å². The minimum Gasteiger partial charge on any atom is -0.342 e. The van der Waals surface area contributed by atoms with Crippen LogP contribution in [0.2, 0.25) is 0 Å². The summed E-state index contributed by atoms with van der Waals surface area (Å²) in [6.07, 6.45) is 6.75. The van der Waals surface area contributed by atoms with E-state index in [-0.39, 0.29) is 11.9 Å². The molecule has 1 unspecified atom stereocenters. The Hall–Kier alpha value is -0.570. The number of hydrogen-bond acceptors (Lipinski definition) is 2. The summed E-state index contributed by atoms with van der Waals surface area (Å²) in [5, 5.41) is 3.40. The Morgan fingerprint density at radius 3 is 2.32 bits per heavy atom. The van der Waals surface area contributed by atoms with Crippen LogP contribution in [0.3, 0.4) is 0 Å². The Morgan fingerprint density at radius 2 is 1.79 bits per heavy atom. The number of likely N-dealkylation sites (N-methyl/N-ethyl adjacent to an activating group) is 1. The van der Waals surface area contributed by atoms with Gasteiger partial charge in [0, 0.05) is 13.1 Å². The molecule has 1 fully saturated rings. The van der Waals surface area contributed by atoms with Gasteiger partial charge in [0.1, 0.15) is 0 Å². The van der Waals surface area contributed by atoms with E-state index in [1.807, 2.05) is 25.7 Å². The zero-order valence-corrected chi connectivity index (χ0v) is 13.2. The van der Waals surface area contributed by atoms with Crippen LogP contribution in [0.15, 0.2) is 0 Å². The van der Waals surface area contributed by atoms with Gasteiger partial charge in [-0.1, -0.05) is 32.6 Å². The van der Waals surface area contributed by atoms with Crippen LogP contribution in [0.1, 0.15) is 59.8 Å². The third-order valence-electron chi connectivity index (χ3n) is 4.58. The summed E-state index contributed by atoms with van der Waals surface area (Å²) in [5.74, 6) is 2.04. The van der Waals surface area contributed by atoms with Gasteiger partial charge in [0.25, 0.3) is 0 Å². The zero-order chi connectivity index (χ0) is 14.3. The molecule has 0 aromatic rings. The lowest BCUT2D eigenvalue weighted by molar-refractivity contribution is -0.132. The van der Waals surface area contributed by atoms with Crippen molar-refractivity contribution in [2.24, 2.45) is 11.8 Å². The predicted octanol–water partition coefficient (Wildman–Crippen LogP) is 3.05. The predicted molar refractivity (Wildman–Crippen MR) is 81.1 cm³/mol. The van der Waals surface area contributed by atoms with Crippen LogP contribution in [-0.4, -0.2) is 36.5 Å². The highest BCUT2D eigenvalue weighted by Crippen LogP contribution is 2.29. The monoisotopic (exact) mass is 268 g/mol. The maximum absolute atomic E-state index is 12.1. The van der Waals surface area contributed by atoms with E-state index in [1.165, 1.54) is 32.1 Å². The lowest BCUT2D eigenvalue weighted by atomic mass is 9.81. The van der Waals surface area contributed by atoms with Crippen LogP contribution in [0.4, 0.5) is 0 Å². The minimum atomic E-state index is -0.0394. The van der Waals surface area contributed by atoms with Crippen LogP contribution in [0, 0.1) is 11.8 Å². The molecule has 1 aliphatic rings. The van der Waals surface area contributed by atoms with E-state index < -0.39 is 0 Å². The molecule has 1 amide bonds. The maximum atomic E-state index is 12.1. The summed E-state index contributed by atoms with van der Waals surface area (Å²) in [6.45, 7) is 11.0. The Labute approximate surface area is 119 Å². The molecule has 0 aliphatic heterocycles. The molecule has 0 radical (unpaired) electrons. The maximum Gasteiger partial charge on any atom is 0.239 e. The molecule has 1 saturated carbocycles. The third kappa shape index (κ3) is 5.52. The van der Waals surface area contributed by atoms with Crippen LogP contribution >= 0.6 is 0 Å². The number of carbonyl (C=O) groups is 1. The zero-order valence-electron chi connectivity index (χ0n) is 13.2. The van der Waals surface area contributed by atoms with Crippen LogP contribution in [0.5, 0.6) is 0 Å². The second-order valence-electron chi connectivity index (χ2n) is 6.10. The quantitative estimate of drug-likeness (QED) is 0.769. The number of carbonyl (C=O) groups excluding carboxylic acids is 1. The van der Waals surface area contributed by atoms with Gasteiger partial charge in [-0.05, 0) is 45.6 Å². The van der Waals surface area contributed by atoms with Gasteiger partial charge in [-0.2, -0.15) is 0 Å². The summed E-state index contributed by atoms with van der Waals surface area (Å²) >= 11 is 0. The molecule has 0 heterocycles. The van der Waals surface area contributed by atoms with Gasteiger partial charge < -0.3 is 10.2 Å². The Kier molecular flexibility index (Phi) is 7.44. The molecule has 0 aromatic carbocycles. The SMILES string of the molecule is CCN(CC)C(=O)C(C)NCCC1CCC(C)CC1. The van der Waals surface area contributed by atoms with Gasteiger partial charge in [0.2, 0.25) is 5.91 Å². The van der Waals surface area contributed by atoms with E-state index in [4.69, 9.17) is 0 Å². The van der Waals surface area contributed by atoms with Gasteiger partial charge >= 0.3 is 0 Å². The van der Waals surface area contributed by atoms with Crippen molar-refractivity contribution in [3.8, 4) is 0 Å². The van der Waals surface area contributed by atoms with E-state index in [0.29, 0.717) is 0 Å². The fraction of sp³-hybridized carbons (Fsp3) is 0.938. The Morgan fingerprint density at radius 1 is 1.21 bits per heavy atom. The topological polar surface area (TPSA) is 32.3 Å². The minimum absolute atomic E-state index is 0.0394. The number of nitrogens with zero attached hydrogens (tertiary/aromatic N) is 1. The van der Waals surface area contributed by atoms with Crippen LogP contribution in [-0.2, 0) is 4.79 Å². The molecule has 1 aliphatic carbocycles. The molecule has 1 rings (SSSR count). The highest BCUT2D eigenvalue weighted by molar-refractivity contribution is 5.81. The smallest absolute Gasteiger partial charge is 0.239 e. The molecule has 0 aromatic heterocycles. The molecule has 3 nitrogen and oxygen atoms in total. The second-order valence-corrected chi connectivity index (χ2v) is 6.10. The average Bonchev–Trinajstić information content (AvgIpc) is 2.42. The van der Waals surface area contributed by atoms with Crippen molar-refractivity contribution >= 4 is 5.91 Å². The first-order valence-electron chi connectivity index (χ1n) is 8.10. The molecule has 0 saturated heterocycles. The van der Waals surface area contributed by atoms with E-state index in [9.17, 15) is 4.79 Å². The summed E-state index contributed by atoms with van der Waals surface area (Å²) in [5.41, 5.74) is 0. The highest BCUT2D eigenvalue weighted by atomic mass is 16.2. The molecule has 112 valence electrons. The second kappa shape index (κ2) is 8.57. The molecular weight excluding hydrogens is 236 g/mol. The number of amides is 1. The van der Waals surface area contributed by atoms with Gasteiger partial charge in [-0.15, -0.1) is 0 Å². The summed E-state index contributed by atoms with van der Waals surface area (Å²) in [7, 11) is 0. The van der Waals surface area contributed by atoms with E-state index in [2.05, 4.69) is 12.2 Å². The van der Waals surface area contributed by atoms with Crippen molar-refractivity contribution in [3.05, 3.63) is 0 Å². The van der Waals surface area contributed by atoms with Crippen molar-refractivity contribution in [3.63, 3.8) is 0 Å². The first-order chi connectivity index (χ1) is 9.08. The van der Waals surface area contributed by atoms with Crippen molar-refractivity contribution in [2.75, 3.05) is 19.6 Å². The van der Waals surface area contributed by atoms with Crippen molar-refractivity contribution in [1.82, 2.24) is 10.2 Å². The van der Waals surface area contributed by atoms with E-state index in [0.717, 1.165) is 31.5 Å². The van der Waals surface area contributed by atoms with Gasteiger partial charge in [0.05, 0.1) is 6.04 Å². The number of nitrogens with one attached hydrogen (secondary N) is 1.